The smallest absolute Gasteiger partial charge is 0.255 e. The van der Waals surface area contributed by atoms with Gasteiger partial charge in [-0.15, -0.1) is 0 Å². The van der Waals surface area contributed by atoms with Crippen LogP contribution >= 0.6 is 0 Å². The van der Waals surface area contributed by atoms with E-state index in [1.807, 2.05) is 44.1 Å². The van der Waals surface area contributed by atoms with Crippen molar-refractivity contribution >= 4 is 17.3 Å². The number of rotatable bonds is 6. The van der Waals surface area contributed by atoms with Crippen LogP contribution < -0.4 is 24.4 Å². The fraction of sp³-hybridized carbons (Fsp3) is 0.316. The van der Waals surface area contributed by atoms with Gasteiger partial charge in [-0.25, -0.2) is 0 Å². The predicted octanol–water partition coefficient (Wildman–Crippen LogP) is 3.34. The van der Waals surface area contributed by atoms with Crippen molar-refractivity contribution in [3.63, 3.8) is 0 Å². The monoisotopic (exact) mass is 344 g/mol. The Balaban J connectivity index is 2.32. The number of methoxy groups -OCH3 is 3. The first-order valence-corrected chi connectivity index (χ1v) is 7.80. The topological polar surface area (TPSA) is 60.0 Å². The second-order valence-electron chi connectivity index (χ2n) is 5.76. The fourth-order valence-electron chi connectivity index (χ4n) is 2.47. The Labute approximate surface area is 148 Å². The van der Waals surface area contributed by atoms with Crippen LogP contribution in [0.4, 0.5) is 11.4 Å². The van der Waals surface area contributed by atoms with Crippen LogP contribution in [0, 0.1) is 6.92 Å². The highest BCUT2D eigenvalue weighted by molar-refractivity contribution is 6.05. The molecule has 0 aliphatic heterocycles. The number of carbonyl (C=O) groups excluding carboxylic acids is 1. The number of hydrogen-bond acceptors (Lipinski definition) is 5. The molecular formula is C19H24N2O4. The number of carbonyl (C=O) groups is 1. The molecule has 1 N–H and O–H groups in total. The highest BCUT2D eigenvalue weighted by Crippen LogP contribution is 2.38. The normalized spacial score (nSPS) is 10.2. The molecule has 0 fully saturated rings. The van der Waals surface area contributed by atoms with Crippen molar-refractivity contribution in [3.05, 3.63) is 41.5 Å². The maximum atomic E-state index is 12.6. The van der Waals surface area contributed by atoms with Crippen molar-refractivity contribution in [2.75, 3.05) is 45.6 Å². The van der Waals surface area contributed by atoms with Crippen LogP contribution in [0.5, 0.6) is 17.2 Å². The summed E-state index contributed by atoms with van der Waals surface area (Å²) in [5, 5.41) is 2.92. The van der Waals surface area contributed by atoms with Crippen LogP contribution in [0.2, 0.25) is 0 Å². The average molecular weight is 344 g/mol. The number of ether oxygens (including phenoxy) is 3. The van der Waals surface area contributed by atoms with Crippen LogP contribution in [0.3, 0.4) is 0 Å². The van der Waals surface area contributed by atoms with E-state index >= 15 is 0 Å². The Kier molecular flexibility index (Phi) is 5.75. The highest BCUT2D eigenvalue weighted by atomic mass is 16.5. The summed E-state index contributed by atoms with van der Waals surface area (Å²) in [5.41, 5.74) is 3.23. The maximum Gasteiger partial charge on any atom is 0.255 e. The molecule has 0 heterocycles. The zero-order valence-electron chi connectivity index (χ0n) is 15.5. The Morgan fingerprint density at radius 3 is 2.00 bits per heavy atom. The van der Waals surface area contributed by atoms with Crippen LogP contribution in [0.1, 0.15) is 15.9 Å². The Bertz CT molecular complexity index is 747. The first kappa shape index (κ1) is 18.4. The molecule has 0 spiro atoms. The van der Waals surface area contributed by atoms with Gasteiger partial charge in [0.15, 0.2) is 11.5 Å². The maximum absolute atomic E-state index is 12.6. The van der Waals surface area contributed by atoms with Gasteiger partial charge in [-0.05, 0) is 42.8 Å². The van der Waals surface area contributed by atoms with Gasteiger partial charge < -0.3 is 24.4 Å². The number of anilines is 2. The average Bonchev–Trinajstić information content (AvgIpc) is 2.61. The number of hydrogen-bond donors (Lipinski definition) is 1. The Morgan fingerprint density at radius 2 is 1.56 bits per heavy atom. The van der Waals surface area contributed by atoms with Gasteiger partial charge in [0.05, 0.1) is 21.3 Å². The van der Waals surface area contributed by atoms with Crippen LogP contribution in [-0.2, 0) is 0 Å². The van der Waals surface area contributed by atoms with Crippen molar-refractivity contribution in [2.24, 2.45) is 0 Å². The fourth-order valence-corrected chi connectivity index (χ4v) is 2.47. The lowest BCUT2D eigenvalue weighted by Crippen LogP contribution is -2.14. The lowest BCUT2D eigenvalue weighted by atomic mass is 10.1. The quantitative estimate of drug-likeness (QED) is 0.871. The minimum atomic E-state index is -0.250. The van der Waals surface area contributed by atoms with E-state index in [1.54, 1.807) is 12.1 Å². The second kappa shape index (κ2) is 7.79. The van der Waals surface area contributed by atoms with E-state index in [1.165, 1.54) is 21.3 Å². The number of nitrogens with one attached hydrogen (secondary N) is 1. The lowest BCUT2D eigenvalue weighted by Gasteiger charge is -2.16. The van der Waals surface area contributed by atoms with Crippen molar-refractivity contribution in [2.45, 2.75) is 6.92 Å². The van der Waals surface area contributed by atoms with E-state index < -0.39 is 0 Å². The molecule has 134 valence electrons. The summed E-state index contributed by atoms with van der Waals surface area (Å²) >= 11 is 0. The Hall–Kier alpha value is -2.89. The van der Waals surface area contributed by atoms with E-state index in [4.69, 9.17) is 14.2 Å². The van der Waals surface area contributed by atoms with E-state index in [9.17, 15) is 4.79 Å². The van der Waals surface area contributed by atoms with Gasteiger partial charge in [0, 0.05) is 31.0 Å². The van der Waals surface area contributed by atoms with Crippen molar-refractivity contribution in [1.29, 1.82) is 0 Å². The summed E-state index contributed by atoms with van der Waals surface area (Å²) in [7, 11) is 8.51. The van der Waals surface area contributed by atoms with E-state index in [0.717, 1.165) is 16.9 Å². The molecule has 0 saturated carbocycles. The molecule has 0 saturated heterocycles. The number of aryl methyl sites for hydroxylation is 1. The molecule has 1 amide bonds. The third kappa shape index (κ3) is 3.96. The van der Waals surface area contributed by atoms with Gasteiger partial charge in [-0.2, -0.15) is 0 Å². The van der Waals surface area contributed by atoms with Gasteiger partial charge in [0.1, 0.15) is 0 Å². The predicted molar refractivity (Wildman–Crippen MR) is 99.6 cm³/mol. The third-order valence-electron chi connectivity index (χ3n) is 3.90. The van der Waals surface area contributed by atoms with Gasteiger partial charge in [0.25, 0.3) is 5.91 Å². The molecule has 0 unspecified atom stereocenters. The van der Waals surface area contributed by atoms with Crippen LogP contribution in [0.15, 0.2) is 30.3 Å². The molecule has 0 atom stereocenters. The van der Waals surface area contributed by atoms with Crippen molar-refractivity contribution in [1.82, 2.24) is 0 Å². The summed E-state index contributed by atoms with van der Waals surface area (Å²) in [6.07, 6.45) is 0. The molecular weight excluding hydrogens is 320 g/mol. The van der Waals surface area contributed by atoms with Crippen LogP contribution in [0.25, 0.3) is 0 Å². The molecule has 0 bridgehead atoms. The summed E-state index contributed by atoms with van der Waals surface area (Å²) in [4.78, 5) is 14.7. The van der Waals surface area contributed by atoms with Gasteiger partial charge in [0.2, 0.25) is 5.75 Å². The first-order valence-electron chi connectivity index (χ1n) is 7.80. The van der Waals surface area contributed by atoms with E-state index in [2.05, 4.69) is 5.32 Å². The second-order valence-corrected chi connectivity index (χ2v) is 5.76. The van der Waals surface area contributed by atoms with E-state index in [-0.39, 0.29) is 5.91 Å². The first-order chi connectivity index (χ1) is 11.9. The molecule has 6 heteroatoms. The standard InChI is InChI=1S/C19H24N2O4/c1-12-9-14(21(2)3)7-8-15(12)20-19(22)13-10-16(23-4)18(25-6)17(11-13)24-5/h7-11H,1-6H3,(H,20,22). The van der Waals surface area contributed by atoms with Crippen LogP contribution in [-0.4, -0.2) is 41.3 Å². The zero-order chi connectivity index (χ0) is 18.6. The summed E-state index contributed by atoms with van der Waals surface area (Å²) in [6.45, 7) is 1.96. The zero-order valence-corrected chi connectivity index (χ0v) is 15.5. The Morgan fingerprint density at radius 1 is 0.960 bits per heavy atom. The minimum Gasteiger partial charge on any atom is -0.493 e. The number of amides is 1. The molecule has 2 aromatic rings. The largest absolute Gasteiger partial charge is 0.493 e. The molecule has 0 aromatic heterocycles. The van der Waals surface area contributed by atoms with Crippen molar-refractivity contribution < 1.29 is 19.0 Å². The molecule has 2 rings (SSSR count). The summed E-state index contributed by atoms with van der Waals surface area (Å²) in [6, 6.07) is 9.11. The SMILES string of the molecule is COc1cc(C(=O)Nc2ccc(N(C)C)cc2C)cc(OC)c1OC. The number of nitrogens with zero attached hydrogens (tertiary/aromatic N) is 1. The van der Waals surface area contributed by atoms with Gasteiger partial charge >= 0.3 is 0 Å². The van der Waals surface area contributed by atoms with Gasteiger partial charge in [-0.1, -0.05) is 0 Å². The lowest BCUT2D eigenvalue weighted by molar-refractivity contribution is 0.102. The minimum absolute atomic E-state index is 0.250. The molecule has 25 heavy (non-hydrogen) atoms. The molecule has 0 radical (unpaired) electrons. The number of benzene rings is 2. The third-order valence-corrected chi connectivity index (χ3v) is 3.90. The molecule has 0 aliphatic rings. The molecule has 2 aromatic carbocycles. The van der Waals surface area contributed by atoms with E-state index in [0.29, 0.717) is 22.8 Å². The van der Waals surface area contributed by atoms with Gasteiger partial charge in [-0.3, -0.25) is 4.79 Å². The highest BCUT2D eigenvalue weighted by Gasteiger charge is 2.17. The van der Waals surface area contributed by atoms with Crippen molar-refractivity contribution in [3.8, 4) is 17.2 Å². The molecule has 6 nitrogen and oxygen atoms in total. The molecule has 0 aliphatic carbocycles. The summed E-state index contributed by atoms with van der Waals surface area (Å²) in [5.74, 6) is 1.08. The summed E-state index contributed by atoms with van der Waals surface area (Å²) < 4.78 is 15.9.